The Morgan fingerprint density at radius 3 is 2.47 bits per heavy atom. The lowest BCUT2D eigenvalue weighted by Crippen LogP contribution is -2.53. The minimum absolute atomic E-state index is 0.0219. The number of benzene rings is 2. The van der Waals surface area contributed by atoms with Gasteiger partial charge in [-0.25, -0.2) is 4.98 Å². The van der Waals surface area contributed by atoms with Crippen molar-refractivity contribution in [2.24, 2.45) is 20.0 Å². The second kappa shape index (κ2) is 11.3. The molecule has 5 heterocycles. The van der Waals surface area contributed by atoms with Crippen molar-refractivity contribution in [2.75, 3.05) is 26.2 Å². The second-order valence-electron chi connectivity index (χ2n) is 12.8. The lowest BCUT2D eigenvalue weighted by molar-refractivity contribution is -0.142. The van der Waals surface area contributed by atoms with Gasteiger partial charge in [-0.15, -0.1) is 0 Å². The SMILES string of the molecule is Cn1ccc2ccc(C(=O)N3CC[C@@H](C(=O)N4CCC(O)(Cn5cnc6c(ccn6C)c5=O)CC4)[C@H](c4ccccc4)C3)cc21. The van der Waals surface area contributed by atoms with E-state index in [0.29, 0.717) is 62.0 Å². The molecule has 232 valence electrons. The first-order valence-corrected chi connectivity index (χ1v) is 15.6. The lowest BCUT2D eigenvalue weighted by Gasteiger charge is -2.43. The monoisotopic (exact) mass is 606 g/mol. The van der Waals surface area contributed by atoms with Crippen LogP contribution in [0.3, 0.4) is 0 Å². The summed E-state index contributed by atoms with van der Waals surface area (Å²) in [6.07, 6.45) is 6.59. The summed E-state index contributed by atoms with van der Waals surface area (Å²) in [4.78, 5) is 49.0. The smallest absolute Gasteiger partial charge is 0.262 e. The van der Waals surface area contributed by atoms with Crippen LogP contribution < -0.4 is 5.56 Å². The van der Waals surface area contributed by atoms with Gasteiger partial charge >= 0.3 is 0 Å². The van der Waals surface area contributed by atoms with Crippen LogP contribution >= 0.6 is 0 Å². The van der Waals surface area contributed by atoms with Crippen molar-refractivity contribution in [1.82, 2.24) is 28.5 Å². The van der Waals surface area contributed by atoms with E-state index in [4.69, 9.17) is 0 Å². The van der Waals surface area contributed by atoms with Crippen molar-refractivity contribution in [3.8, 4) is 0 Å². The fraction of sp³-hybridized carbons (Fsp3) is 0.371. The van der Waals surface area contributed by atoms with Gasteiger partial charge in [0.05, 0.1) is 17.5 Å². The molecule has 2 atom stereocenters. The summed E-state index contributed by atoms with van der Waals surface area (Å²) in [7, 11) is 3.81. The highest BCUT2D eigenvalue weighted by molar-refractivity contribution is 5.98. The molecule has 0 saturated carbocycles. The molecule has 2 aliphatic rings. The molecule has 0 bridgehead atoms. The molecule has 0 aliphatic carbocycles. The topological polar surface area (TPSA) is 106 Å². The molecule has 3 aromatic heterocycles. The van der Waals surface area contributed by atoms with E-state index in [0.717, 1.165) is 16.5 Å². The number of carbonyl (C=O) groups is 2. The molecule has 10 heteroatoms. The number of aromatic nitrogens is 4. The van der Waals surface area contributed by atoms with E-state index < -0.39 is 5.60 Å². The van der Waals surface area contributed by atoms with Gasteiger partial charge in [-0.05, 0) is 54.5 Å². The normalized spacial score (nSPS) is 20.2. The number of carbonyl (C=O) groups excluding carboxylic acids is 2. The molecule has 2 saturated heterocycles. The van der Waals surface area contributed by atoms with Crippen molar-refractivity contribution in [1.29, 1.82) is 0 Å². The van der Waals surface area contributed by atoms with Crippen molar-refractivity contribution in [3.63, 3.8) is 0 Å². The molecule has 1 N–H and O–H groups in total. The number of hydrogen-bond donors (Lipinski definition) is 1. The standard InChI is InChI=1S/C35H38N6O4/c1-37-15-10-25-8-9-26(20-30(25)37)32(42)40-17-12-27(29(21-40)24-6-4-3-5-7-24)33(43)39-18-13-35(45,14-19-39)22-41-23-36-31-28(34(41)44)11-16-38(31)2/h3-11,15-16,20,23,27,29,45H,12-14,17-19,21-22H2,1-2H3/t27-,29+/m1/s1. The van der Waals surface area contributed by atoms with E-state index in [-0.39, 0.29) is 35.8 Å². The maximum absolute atomic E-state index is 14.1. The van der Waals surface area contributed by atoms with E-state index in [9.17, 15) is 19.5 Å². The number of piperidine rings is 2. The highest BCUT2D eigenvalue weighted by Crippen LogP contribution is 2.36. The Morgan fingerprint density at radius 1 is 0.933 bits per heavy atom. The largest absolute Gasteiger partial charge is 0.388 e. The molecule has 45 heavy (non-hydrogen) atoms. The third kappa shape index (κ3) is 5.33. The third-order valence-corrected chi connectivity index (χ3v) is 9.90. The quantitative estimate of drug-likeness (QED) is 0.330. The van der Waals surface area contributed by atoms with Crippen LogP contribution in [0.25, 0.3) is 21.9 Å². The summed E-state index contributed by atoms with van der Waals surface area (Å²) in [6, 6.07) is 19.6. The molecule has 7 rings (SSSR count). The molecule has 5 aromatic rings. The number of hydrogen-bond acceptors (Lipinski definition) is 5. The van der Waals surface area contributed by atoms with Gasteiger partial charge < -0.3 is 24.0 Å². The summed E-state index contributed by atoms with van der Waals surface area (Å²) in [5, 5.41) is 13.1. The Hall–Kier alpha value is -4.70. The predicted octanol–water partition coefficient (Wildman–Crippen LogP) is 3.53. The first kappa shape index (κ1) is 29.0. The fourth-order valence-electron chi connectivity index (χ4n) is 7.19. The number of aryl methyl sites for hydroxylation is 2. The molecular formula is C35H38N6O4. The van der Waals surface area contributed by atoms with Crippen LogP contribution in [0, 0.1) is 5.92 Å². The van der Waals surface area contributed by atoms with Gasteiger partial charge in [0.1, 0.15) is 12.0 Å². The number of rotatable bonds is 5. The van der Waals surface area contributed by atoms with Gasteiger partial charge in [0.15, 0.2) is 0 Å². The molecule has 2 fully saturated rings. The Labute approximate surface area is 261 Å². The molecule has 2 amide bonds. The Bertz CT molecular complexity index is 1950. The van der Waals surface area contributed by atoms with E-state index in [1.807, 2.05) is 89.3 Å². The van der Waals surface area contributed by atoms with Crippen molar-refractivity contribution >= 4 is 33.8 Å². The third-order valence-electron chi connectivity index (χ3n) is 9.90. The zero-order valence-corrected chi connectivity index (χ0v) is 25.7. The maximum atomic E-state index is 14.1. The van der Waals surface area contributed by atoms with Gasteiger partial charge in [0, 0.05) is 75.6 Å². The number of amides is 2. The van der Waals surface area contributed by atoms with Crippen LogP contribution in [0.2, 0.25) is 0 Å². The first-order valence-electron chi connectivity index (χ1n) is 15.6. The molecular weight excluding hydrogens is 568 g/mol. The molecule has 2 aliphatic heterocycles. The summed E-state index contributed by atoms with van der Waals surface area (Å²) < 4.78 is 5.29. The van der Waals surface area contributed by atoms with Crippen LogP contribution in [0.1, 0.15) is 41.1 Å². The number of likely N-dealkylation sites (tertiary alicyclic amines) is 2. The van der Waals surface area contributed by atoms with E-state index in [2.05, 4.69) is 4.98 Å². The minimum Gasteiger partial charge on any atom is -0.388 e. The van der Waals surface area contributed by atoms with Crippen LogP contribution in [-0.4, -0.2) is 77.2 Å². The number of nitrogens with zero attached hydrogens (tertiary/aromatic N) is 6. The van der Waals surface area contributed by atoms with Crippen LogP contribution in [0.15, 0.2) is 84.2 Å². The molecule has 0 unspecified atom stereocenters. The molecule has 2 aromatic carbocycles. The van der Waals surface area contributed by atoms with E-state index in [1.165, 1.54) is 10.9 Å². The number of fused-ring (bicyclic) bond motifs is 2. The van der Waals surface area contributed by atoms with E-state index >= 15 is 0 Å². The maximum Gasteiger partial charge on any atom is 0.262 e. The average Bonchev–Trinajstić information content (AvgIpc) is 3.64. The Balaban J connectivity index is 1.06. The highest BCUT2D eigenvalue weighted by Gasteiger charge is 2.41. The van der Waals surface area contributed by atoms with Gasteiger partial charge in [-0.3, -0.25) is 19.0 Å². The fourth-order valence-corrected chi connectivity index (χ4v) is 7.19. The molecule has 0 radical (unpaired) electrons. The zero-order chi connectivity index (χ0) is 31.3. The predicted molar refractivity (Wildman–Crippen MR) is 172 cm³/mol. The summed E-state index contributed by atoms with van der Waals surface area (Å²) in [5.41, 5.74) is 2.03. The van der Waals surface area contributed by atoms with Crippen LogP contribution in [0.5, 0.6) is 0 Å². The average molecular weight is 607 g/mol. The summed E-state index contributed by atoms with van der Waals surface area (Å²) in [6.45, 7) is 1.90. The van der Waals surface area contributed by atoms with Crippen molar-refractivity contribution in [2.45, 2.75) is 37.3 Å². The second-order valence-corrected chi connectivity index (χ2v) is 12.8. The molecule has 10 nitrogen and oxygen atoms in total. The van der Waals surface area contributed by atoms with Crippen LogP contribution in [-0.2, 0) is 25.4 Å². The zero-order valence-electron chi connectivity index (χ0n) is 25.7. The van der Waals surface area contributed by atoms with Gasteiger partial charge in [-0.2, -0.15) is 0 Å². The Kier molecular flexibility index (Phi) is 7.32. The van der Waals surface area contributed by atoms with Gasteiger partial charge in [-0.1, -0.05) is 36.4 Å². The van der Waals surface area contributed by atoms with Crippen molar-refractivity contribution < 1.29 is 14.7 Å². The van der Waals surface area contributed by atoms with Gasteiger partial charge in [0.25, 0.3) is 11.5 Å². The molecule has 0 spiro atoms. The van der Waals surface area contributed by atoms with Crippen molar-refractivity contribution in [3.05, 3.63) is 101 Å². The Morgan fingerprint density at radius 2 is 1.69 bits per heavy atom. The van der Waals surface area contributed by atoms with Gasteiger partial charge in [0.2, 0.25) is 5.91 Å². The summed E-state index contributed by atoms with van der Waals surface area (Å²) in [5.74, 6) is -0.373. The highest BCUT2D eigenvalue weighted by atomic mass is 16.3. The summed E-state index contributed by atoms with van der Waals surface area (Å²) >= 11 is 0. The minimum atomic E-state index is -1.11. The lowest BCUT2D eigenvalue weighted by atomic mass is 9.79. The first-order chi connectivity index (χ1) is 21.7. The number of aliphatic hydroxyl groups is 1. The van der Waals surface area contributed by atoms with Crippen LogP contribution in [0.4, 0.5) is 0 Å². The van der Waals surface area contributed by atoms with E-state index in [1.54, 1.807) is 16.8 Å².